The first-order chi connectivity index (χ1) is 12.0. The van der Waals surface area contributed by atoms with Crippen molar-refractivity contribution in [2.45, 2.75) is 19.1 Å². The van der Waals surface area contributed by atoms with Gasteiger partial charge < -0.3 is 29.4 Å². The Labute approximate surface area is 142 Å². The molecule has 0 bridgehead atoms. The second-order valence-corrected chi connectivity index (χ2v) is 4.74. The number of imidazole rings is 1. The number of hydrogen-bond donors (Lipinski definition) is 3. The lowest BCUT2D eigenvalue weighted by Gasteiger charge is -2.26. The molecule has 1 fully saturated rings. The predicted molar refractivity (Wildman–Crippen MR) is 85.0 cm³/mol. The van der Waals surface area contributed by atoms with Gasteiger partial charge >= 0.3 is 5.97 Å². The molecule has 10 heteroatoms. The fourth-order valence-electron chi connectivity index (χ4n) is 2.20. The summed E-state index contributed by atoms with van der Waals surface area (Å²) >= 11 is 0. The molecule has 2 heterocycles. The van der Waals surface area contributed by atoms with Crippen molar-refractivity contribution in [2.75, 3.05) is 13.7 Å². The number of carbonyl (C=O) groups is 3. The maximum absolute atomic E-state index is 11.1. The molecule has 3 rings (SSSR count). The molecule has 0 aliphatic carbocycles. The maximum atomic E-state index is 11.1. The highest BCUT2D eigenvalue weighted by atomic mass is 16.5. The van der Waals surface area contributed by atoms with Crippen molar-refractivity contribution in [3.05, 3.63) is 24.0 Å². The van der Waals surface area contributed by atoms with E-state index in [4.69, 9.17) is 34.4 Å². The van der Waals surface area contributed by atoms with E-state index in [-0.39, 0.29) is 24.6 Å². The summed E-state index contributed by atoms with van der Waals surface area (Å²) in [4.78, 5) is 32.1. The number of carboxylic acid groups (broad SMARTS) is 3. The van der Waals surface area contributed by atoms with E-state index in [0.717, 1.165) is 18.5 Å². The van der Waals surface area contributed by atoms with Gasteiger partial charge in [0.25, 0.3) is 12.9 Å². The third-order valence-corrected chi connectivity index (χ3v) is 3.35. The van der Waals surface area contributed by atoms with Crippen LogP contribution in [0.4, 0.5) is 0 Å². The number of fused-ring (bicyclic) bond motifs is 1. The van der Waals surface area contributed by atoms with Crippen molar-refractivity contribution < 1.29 is 39.2 Å². The van der Waals surface area contributed by atoms with Crippen LogP contribution in [0.3, 0.4) is 0 Å². The van der Waals surface area contributed by atoms with Gasteiger partial charge in [0.05, 0.1) is 37.2 Å². The molecule has 2 aromatic rings. The molecule has 25 heavy (non-hydrogen) atoms. The van der Waals surface area contributed by atoms with Crippen LogP contribution >= 0.6 is 0 Å². The largest absolute Gasteiger partial charge is 0.494 e. The number of carboxylic acids is 1. The van der Waals surface area contributed by atoms with Gasteiger partial charge in [-0.2, -0.15) is 0 Å². The molecular formula is C15H18N2O8. The summed E-state index contributed by atoms with van der Waals surface area (Å²) in [7, 11) is 1.51. The van der Waals surface area contributed by atoms with Gasteiger partial charge in [-0.1, -0.05) is 0 Å². The average molecular weight is 354 g/mol. The van der Waals surface area contributed by atoms with E-state index in [1.54, 1.807) is 12.4 Å². The first kappa shape index (κ1) is 19.9. The topological polar surface area (TPSA) is 148 Å². The molecule has 0 amide bonds. The lowest BCUT2D eigenvalue weighted by molar-refractivity contribution is -0.123. The van der Waals surface area contributed by atoms with E-state index in [1.165, 1.54) is 13.2 Å². The Morgan fingerprint density at radius 1 is 1.40 bits per heavy atom. The molecule has 0 saturated carbocycles. The number of benzene rings is 1. The Hall–Kier alpha value is -3.14. The van der Waals surface area contributed by atoms with Crippen LogP contribution in [0.15, 0.2) is 18.5 Å². The van der Waals surface area contributed by atoms with Crippen molar-refractivity contribution in [3.8, 4) is 5.75 Å². The van der Waals surface area contributed by atoms with E-state index < -0.39 is 5.97 Å². The standard InChI is InChI=1S/C13H14N2O4.2CH2O2/c1-18-11-5-8(13(16)17)4-10-12(11)14-7-15(10)6-9-2-3-19-9;2*2-1-3/h4-5,7,9H,2-3,6H2,1H3,(H,16,17);2*1H,(H,2,3). The first-order valence-electron chi connectivity index (χ1n) is 7.05. The Balaban J connectivity index is 0.000000460. The van der Waals surface area contributed by atoms with Crippen LogP contribution < -0.4 is 4.74 Å². The van der Waals surface area contributed by atoms with Gasteiger partial charge in [-0.3, -0.25) is 9.59 Å². The van der Waals surface area contributed by atoms with Crippen molar-refractivity contribution >= 4 is 29.9 Å². The van der Waals surface area contributed by atoms with E-state index in [9.17, 15) is 4.79 Å². The second-order valence-electron chi connectivity index (χ2n) is 4.74. The van der Waals surface area contributed by atoms with Gasteiger partial charge in [0.1, 0.15) is 11.3 Å². The average Bonchev–Trinajstić information content (AvgIpc) is 2.94. The molecule has 1 saturated heterocycles. The molecule has 1 unspecified atom stereocenters. The summed E-state index contributed by atoms with van der Waals surface area (Å²) in [5.74, 6) is -0.504. The van der Waals surface area contributed by atoms with Crippen LogP contribution in [0, 0.1) is 0 Å². The van der Waals surface area contributed by atoms with Gasteiger partial charge in [0, 0.05) is 6.61 Å². The smallest absolute Gasteiger partial charge is 0.335 e. The minimum Gasteiger partial charge on any atom is -0.494 e. The number of aromatic carboxylic acids is 1. The normalized spacial score (nSPS) is 14.8. The highest BCUT2D eigenvalue weighted by Gasteiger charge is 2.21. The number of hydrogen-bond acceptors (Lipinski definition) is 6. The molecule has 10 nitrogen and oxygen atoms in total. The molecular weight excluding hydrogens is 336 g/mol. The zero-order chi connectivity index (χ0) is 18.8. The lowest BCUT2D eigenvalue weighted by Crippen LogP contribution is -2.30. The number of nitrogens with zero attached hydrogens (tertiary/aromatic N) is 2. The summed E-state index contributed by atoms with van der Waals surface area (Å²) in [6.45, 7) is 0.976. The third-order valence-electron chi connectivity index (χ3n) is 3.35. The fourth-order valence-corrected chi connectivity index (χ4v) is 2.20. The molecule has 1 aromatic carbocycles. The zero-order valence-corrected chi connectivity index (χ0v) is 13.4. The van der Waals surface area contributed by atoms with Gasteiger partial charge in [0.15, 0.2) is 0 Å². The van der Waals surface area contributed by atoms with Crippen molar-refractivity contribution in [2.24, 2.45) is 0 Å². The number of methoxy groups -OCH3 is 1. The second kappa shape index (κ2) is 9.88. The van der Waals surface area contributed by atoms with E-state index >= 15 is 0 Å². The van der Waals surface area contributed by atoms with E-state index in [1.807, 2.05) is 4.57 Å². The minimum absolute atomic E-state index is 0.192. The third kappa shape index (κ3) is 5.18. The Morgan fingerprint density at radius 3 is 2.44 bits per heavy atom. The summed E-state index contributed by atoms with van der Waals surface area (Å²) in [5, 5.41) is 22.9. The molecule has 1 aliphatic heterocycles. The van der Waals surface area contributed by atoms with Crippen LogP contribution in [0.5, 0.6) is 5.75 Å². The zero-order valence-electron chi connectivity index (χ0n) is 13.4. The summed E-state index contributed by atoms with van der Waals surface area (Å²) < 4.78 is 12.5. The number of ether oxygens (including phenoxy) is 2. The molecule has 1 aromatic heterocycles. The monoisotopic (exact) mass is 354 g/mol. The van der Waals surface area contributed by atoms with Gasteiger partial charge in [0.2, 0.25) is 0 Å². The Bertz CT molecular complexity index is 718. The maximum Gasteiger partial charge on any atom is 0.335 e. The van der Waals surface area contributed by atoms with Gasteiger partial charge in [-0.15, -0.1) is 0 Å². The van der Waals surface area contributed by atoms with Crippen molar-refractivity contribution in [3.63, 3.8) is 0 Å². The highest BCUT2D eigenvalue weighted by molar-refractivity contribution is 5.95. The van der Waals surface area contributed by atoms with Crippen molar-refractivity contribution in [1.29, 1.82) is 0 Å². The molecule has 1 aliphatic rings. The lowest BCUT2D eigenvalue weighted by atomic mass is 10.1. The molecule has 136 valence electrons. The van der Waals surface area contributed by atoms with Gasteiger partial charge in [-0.05, 0) is 18.6 Å². The Morgan fingerprint density at radius 2 is 2.00 bits per heavy atom. The van der Waals surface area contributed by atoms with Crippen LogP contribution in [0.1, 0.15) is 16.8 Å². The predicted octanol–water partition coefficient (Wildman–Crippen LogP) is 0.934. The first-order valence-corrected chi connectivity index (χ1v) is 7.05. The SMILES string of the molecule is COc1cc(C(=O)O)cc2c1ncn2CC1CCO1.O=CO.O=CO. The molecule has 0 radical (unpaired) electrons. The number of aromatic nitrogens is 2. The van der Waals surface area contributed by atoms with E-state index in [0.29, 0.717) is 17.8 Å². The van der Waals surface area contributed by atoms with Crippen LogP contribution in [0.2, 0.25) is 0 Å². The summed E-state index contributed by atoms with van der Waals surface area (Å²) in [6, 6.07) is 3.10. The Kier molecular flexibility index (Phi) is 7.87. The number of rotatable bonds is 4. The van der Waals surface area contributed by atoms with Crippen LogP contribution in [-0.4, -0.2) is 63.6 Å². The van der Waals surface area contributed by atoms with Crippen LogP contribution in [0.25, 0.3) is 11.0 Å². The summed E-state index contributed by atoms with van der Waals surface area (Å²) in [6.07, 6.45) is 2.91. The highest BCUT2D eigenvalue weighted by Crippen LogP contribution is 2.27. The quantitative estimate of drug-likeness (QED) is 0.682. The molecule has 3 N–H and O–H groups in total. The minimum atomic E-state index is -0.979. The van der Waals surface area contributed by atoms with Crippen molar-refractivity contribution in [1.82, 2.24) is 9.55 Å². The van der Waals surface area contributed by atoms with Crippen LogP contribution in [-0.2, 0) is 20.9 Å². The van der Waals surface area contributed by atoms with E-state index in [2.05, 4.69) is 4.98 Å². The molecule has 0 spiro atoms. The van der Waals surface area contributed by atoms with Gasteiger partial charge in [-0.25, -0.2) is 9.78 Å². The molecule has 1 atom stereocenters. The summed E-state index contributed by atoms with van der Waals surface area (Å²) in [5.41, 5.74) is 1.62. The fraction of sp³-hybridized carbons (Fsp3) is 0.333.